The van der Waals surface area contributed by atoms with Gasteiger partial charge in [0.15, 0.2) is 0 Å². The first kappa shape index (κ1) is 26.4. The molecule has 2 N–H and O–H groups in total. The normalized spacial score (nSPS) is 29.6. The molecule has 0 radical (unpaired) electrons. The van der Waals surface area contributed by atoms with Crippen LogP contribution >= 0.6 is 0 Å². The molecular formula is C26H50N2O3. The summed E-state index contributed by atoms with van der Waals surface area (Å²) in [6, 6.07) is 0.306. The molecule has 1 saturated carbocycles. The van der Waals surface area contributed by atoms with Crippen LogP contribution in [0.25, 0.3) is 0 Å². The average molecular weight is 439 g/mol. The topological polar surface area (TPSA) is 61.8 Å². The Morgan fingerprint density at radius 3 is 2.19 bits per heavy atom. The Kier molecular flexibility index (Phi) is 10.1. The molecule has 0 aromatic rings. The van der Waals surface area contributed by atoms with E-state index in [9.17, 15) is 9.90 Å². The molecule has 0 aromatic carbocycles. The van der Waals surface area contributed by atoms with Crippen molar-refractivity contribution in [2.45, 2.75) is 123 Å². The fourth-order valence-electron chi connectivity index (χ4n) is 5.25. The van der Waals surface area contributed by atoms with Crippen molar-refractivity contribution in [3.05, 3.63) is 0 Å². The Balaban J connectivity index is 1.92. The van der Waals surface area contributed by atoms with Crippen LogP contribution in [0.2, 0.25) is 0 Å². The van der Waals surface area contributed by atoms with Crippen molar-refractivity contribution < 1.29 is 14.6 Å². The Hall–Kier alpha value is -0.810. The fraction of sp³-hybridized carbons (Fsp3) is 0.962. The van der Waals surface area contributed by atoms with Crippen LogP contribution in [-0.2, 0) is 4.74 Å². The molecule has 5 heteroatoms. The lowest BCUT2D eigenvalue weighted by molar-refractivity contribution is 0.0165. The summed E-state index contributed by atoms with van der Waals surface area (Å²) in [5.41, 5.74) is -0.461. The number of aliphatic hydroxyl groups excluding tert-OH is 1. The molecule has 2 aliphatic rings. The molecule has 1 amide bonds. The summed E-state index contributed by atoms with van der Waals surface area (Å²) in [6.07, 6.45) is 11.7. The summed E-state index contributed by atoms with van der Waals surface area (Å²) in [4.78, 5) is 14.5. The predicted octanol–water partition coefficient (Wildman–Crippen LogP) is 5.75. The second-order valence-corrected chi connectivity index (χ2v) is 11.7. The lowest BCUT2D eigenvalue weighted by atomic mass is 9.74. The second kappa shape index (κ2) is 11.9. The van der Waals surface area contributed by atoms with E-state index < -0.39 is 5.60 Å². The number of carbonyl (C=O) groups excluding carboxylic acids is 1. The minimum atomic E-state index is -0.467. The number of aliphatic hydroxyl groups is 1. The molecule has 1 saturated heterocycles. The van der Waals surface area contributed by atoms with Gasteiger partial charge >= 0.3 is 6.09 Å². The molecule has 182 valence electrons. The van der Waals surface area contributed by atoms with Crippen molar-refractivity contribution in [2.24, 2.45) is 17.3 Å². The van der Waals surface area contributed by atoms with Gasteiger partial charge in [0, 0.05) is 25.7 Å². The zero-order chi connectivity index (χ0) is 23.1. The summed E-state index contributed by atoms with van der Waals surface area (Å²) in [7, 11) is 0. The highest BCUT2D eigenvalue weighted by Crippen LogP contribution is 2.36. The minimum absolute atomic E-state index is 0.00642. The molecule has 1 aliphatic heterocycles. The number of likely N-dealkylation sites (tertiary alicyclic amines) is 1. The Morgan fingerprint density at radius 1 is 1.10 bits per heavy atom. The first-order chi connectivity index (χ1) is 14.5. The van der Waals surface area contributed by atoms with Gasteiger partial charge < -0.3 is 20.1 Å². The smallest absolute Gasteiger partial charge is 0.410 e. The van der Waals surface area contributed by atoms with Gasteiger partial charge in [-0.15, -0.1) is 0 Å². The van der Waals surface area contributed by atoms with E-state index in [2.05, 4.69) is 26.1 Å². The third-order valence-electron chi connectivity index (χ3n) is 7.78. The van der Waals surface area contributed by atoms with E-state index in [1.54, 1.807) is 0 Å². The molecule has 1 heterocycles. The highest BCUT2D eigenvalue weighted by atomic mass is 16.6. The lowest BCUT2D eigenvalue weighted by Gasteiger charge is -2.37. The van der Waals surface area contributed by atoms with Crippen LogP contribution in [0.15, 0.2) is 0 Å². The summed E-state index contributed by atoms with van der Waals surface area (Å²) in [5.74, 6) is 0.824. The lowest BCUT2D eigenvalue weighted by Crippen LogP contribution is -2.46. The minimum Gasteiger partial charge on any atom is -0.444 e. The molecule has 0 aromatic heterocycles. The zero-order valence-electron chi connectivity index (χ0n) is 21.2. The Bertz CT molecular complexity index is 535. The van der Waals surface area contributed by atoms with Crippen LogP contribution in [0.4, 0.5) is 4.79 Å². The zero-order valence-corrected chi connectivity index (χ0v) is 21.2. The summed E-state index contributed by atoms with van der Waals surface area (Å²) < 4.78 is 5.61. The first-order valence-corrected chi connectivity index (χ1v) is 12.9. The molecule has 0 spiro atoms. The van der Waals surface area contributed by atoms with Crippen molar-refractivity contribution >= 4 is 6.09 Å². The third-order valence-corrected chi connectivity index (χ3v) is 7.78. The number of amides is 1. The highest BCUT2D eigenvalue weighted by molar-refractivity contribution is 5.68. The quantitative estimate of drug-likeness (QED) is 0.587. The van der Waals surface area contributed by atoms with E-state index in [-0.39, 0.29) is 17.6 Å². The predicted molar refractivity (Wildman–Crippen MR) is 128 cm³/mol. The number of ether oxygens (including phenoxy) is 1. The number of hydrogen-bond acceptors (Lipinski definition) is 4. The second-order valence-electron chi connectivity index (χ2n) is 11.7. The molecule has 2 fully saturated rings. The molecule has 1 aliphatic carbocycles. The van der Waals surface area contributed by atoms with E-state index in [1.807, 2.05) is 25.7 Å². The van der Waals surface area contributed by atoms with Crippen molar-refractivity contribution in [3.63, 3.8) is 0 Å². The van der Waals surface area contributed by atoms with Crippen LogP contribution in [0.1, 0.15) is 106 Å². The van der Waals surface area contributed by atoms with E-state index in [0.29, 0.717) is 31.0 Å². The standard InChI is InChI=1S/C26H50N2O3/c1-20-19-28(24(30)31-25(3,4)5)17-14-22(21(20)2)27-18-23(29)26(6)15-12-10-8-7-9-11-13-16-26/h20-23,27,29H,7-19H2,1-6H3. The van der Waals surface area contributed by atoms with Crippen LogP contribution in [0, 0.1) is 17.3 Å². The molecule has 31 heavy (non-hydrogen) atoms. The number of carbonyl (C=O) groups is 1. The van der Waals surface area contributed by atoms with Gasteiger partial charge in [-0.2, -0.15) is 0 Å². The van der Waals surface area contributed by atoms with E-state index in [0.717, 1.165) is 25.8 Å². The maximum absolute atomic E-state index is 12.6. The average Bonchev–Trinajstić information content (AvgIpc) is 2.83. The van der Waals surface area contributed by atoms with Gasteiger partial charge in [0.1, 0.15) is 5.60 Å². The molecular weight excluding hydrogens is 388 g/mol. The molecule has 2 rings (SSSR count). The van der Waals surface area contributed by atoms with Crippen LogP contribution in [0.3, 0.4) is 0 Å². The molecule has 0 bridgehead atoms. The third kappa shape index (κ3) is 8.57. The fourth-order valence-corrected chi connectivity index (χ4v) is 5.25. The summed E-state index contributed by atoms with van der Waals surface area (Å²) in [6.45, 7) is 14.6. The number of nitrogens with one attached hydrogen (secondary N) is 1. The molecule has 4 atom stereocenters. The maximum atomic E-state index is 12.6. The van der Waals surface area contributed by atoms with Crippen molar-refractivity contribution in [3.8, 4) is 0 Å². The van der Waals surface area contributed by atoms with Gasteiger partial charge in [-0.1, -0.05) is 65.7 Å². The van der Waals surface area contributed by atoms with Gasteiger partial charge in [-0.05, 0) is 57.3 Å². The van der Waals surface area contributed by atoms with Crippen molar-refractivity contribution in [2.75, 3.05) is 19.6 Å². The van der Waals surface area contributed by atoms with Crippen LogP contribution < -0.4 is 5.32 Å². The van der Waals surface area contributed by atoms with Crippen LogP contribution in [0.5, 0.6) is 0 Å². The SMILES string of the molecule is CC1CN(C(=O)OC(C)(C)C)CCC(NCC(O)C2(C)CCCCCCCCC2)C1C. The van der Waals surface area contributed by atoms with E-state index in [1.165, 1.54) is 44.9 Å². The highest BCUT2D eigenvalue weighted by Gasteiger charge is 2.35. The monoisotopic (exact) mass is 438 g/mol. The number of hydrogen-bond donors (Lipinski definition) is 2. The van der Waals surface area contributed by atoms with Gasteiger partial charge in [-0.3, -0.25) is 0 Å². The van der Waals surface area contributed by atoms with Gasteiger partial charge in [0.25, 0.3) is 0 Å². The van der Waals surface area contributed by atoms with Gasteiger partial charge in [-0.25, -0.2) is 4.79 Å². The van der Waals surface area contributed by atoms with Crippen molar-refractivity contribution in [1.29, 1.82) is 0 Å². The van der Waals surface area contributed by atoms with Crippen LogP contribution in [-0.4, -0.2) is 53.5 Å². The summed E-state index contributed by atoms with van der Waals surface area (Å²) in [5, 5.41) is 14.9. The first-order valence-electron chi connectivity index (χ1n) is 12.9. The van der Waals surface area contributed by atoms with Gasteiger partial charge in [0.05, 0.1) is 6.10 Å². The maximum Gasteiger partial charge on any atom is 0.410 e. The Labute approximate surface area is 191 Å². The summed E-state index contributed by atoms with van der Waals surface area (Å²) >= 11 is 0. The molecule has 5 nitrogen and oxygen atoms in total. The van der Waals surface area contributed by atoms with E-state index >= 15 is 0 Å². The van der Waals surface area contributed by atoms with E-state index in [4.69, 9.17) is 4.74 Å². The largest absolute Gasteiger partial charge is 0.444 e. The Morgan fingerprint density at radius 2 is 1.65 bits per heavy atom. The number of nitrogens with zero attached hydrogens (tertiary/aromatic N) is 1. The van der Waals surface area contributed by atoms with Gasteiger partial charge in [0.2, 0.25) is 0 Å². The number of rotatable bonds is 4. The molecule has 4 unspecified atom stereocenters. The van der Waals surface area contributed by atoms with Crippen molar-refractivity contribution in [1.82, 2.24) is 10.2 Å².